The Hall–Kier alpha value is 0.657. The molecular weight excluding hydrogens is 268 g/mol. The van der Waals surface area contributed by atoms with Crippen molar-refractivity contribution in [2.24, 2.45) is 0 Å². The smallest absolute Gasteiger partial charge is 0.191 e. The Labute approximate surface area is 105 Å². The van der Waals surface area contributed by atoms with Gasteiger partial charge in [-0.3, -0.25) is 0 Å². The van der Waals surface area contributed by atoms with Gasteiger partial charge in [0.05, 0.1) is 0 Å². The van der Waals surface area contributed by atoms with Gasteiger partial charge in [-0.05, 0) is 31.0 Å². The Bertz CT molecular complexity index is 129. The van der Waals surface area contributed by atoms with E-state index in [9.17, 15) is 0 Å². The molecule has 0 spiro atoms. The molecule has 0 aromatic rings. The van der Waals surface area contributed by atoms with E-state index < -0.39 is 8.32 Å². The zero-order chi connectivity index (χ0) is 11.6. The molecule has 0 atom stereocenters. The molecule has 0 radical (unpaired) electrons. The second-order valence-electron chi connectivity index (χ2n) is 4.20. The lowest BCUT2D eigenvalue weighted by molar-refractivity contribution is 0.288. The molecule has 0 aliphatic rings. The summed E-state index contributed by atoms with van der Waals surface area (Å²) in [6.45, 7) is 7.89. The summed E-state index contributed by atoms with van der Waals surface area (Å²) in [5.41, 5.74) is 0. The molecule has 0 aromatic heterocycles. The molecule has 0 heterocycles. The van der Waals surface area contributed by atoms with Gasteiger partial charge in [-0.15, -0.1) is 0 Å². The van der Waals surface area contributed by atoms with Crippen molar-refractivity contribution in [3.63, 3.8) is 0 Å². The van der Waals surface area contributed by atoms with Gasteiger partial charge in [0.2, 0.25) is 0 Å². The van der Waals surface area contributed by atoms with Gasteiger partial charge in [0.1, 0.15) is 0 Å². The topological polar surface area (TPSA) is 9.23 Å². The van der Waals surface area contributed by atoms with Crippen LogP contribution in [0.4, 0.5) is 0 Å². The van der Waals surface area contributed by atoms with Crippen molar-refractivity contribution < 1.29 is 4.43 Å². The van der Waals surface area contributed by atoms with E-state index in [-0.39, 0.29) is 0 Å². The highest BCUT2D eigenvalue weighted by Crippen LogP contribution is 2.21. The zero-order valence-electron chi connectivity index (χ0n) is 10.7. The summed E-state index contributed by atoms with van der Waals surface area (Å²) in [4.78, 5) is 0. The van der Waals surface area contributed by atoms with Crippen LogP contribution in [0.15, 0.2) is 0 Å². The van der Waals surface area contributed by atoms with Crippen molar-refractivity contribution in [2.45, 2.75) is 64.6 Å². The molecule has 0 bridgehead atoms. The largest absolute Gasteiger partial charge is 0.417 e. The summed E-state index contributed by atoms with van der Waals surface area (Å²) < 4.78 is 6.18. The number of alkyl halides is 1. The normalized spacial score (nSPS) is 12.0. The molecule has 0 aromatic carbocycles. The van der Waals surface area contributed by atoms with Crippen LogP contribution in [0, 0.1) is 0 Å². The van der Waals surface area contributed by atoms with E-state index in [0.717, 1.165) is 11.9 Å². The van der Waals surface area contributed by atoms with Crippen molar-refractivity contribution in [3.05, 3.63) is 0 Å². The minimum Gasteiger partial charge on any atom is -0.417 e. The van der Waals surface area contributed by atoms with Crippen LogP contribution in [0.3, 0.4) is 0 Å². The van der Waals surface area contributed by atoms with E-state index in [1.165, 1.54) is 43.8 Å². The average molecular weight is 295 g/mol. The van der Waals surface area contributed by atoms with Crippen molar-refractivity contribution >= 4 is 24.2 Å². The number of unbranched alkanes of at least 4 members (excludes halogenated alkanes) is 3. The van der Waals surface area contributed by atoms with E-state index in [2.05, 4.69) is 36.7 Å². The number of hydrogen-bond donors (Lipinski definition) is 0. The standard InChI is InChI=1S/C12H27BrOSi/c1-4-15(5-2,6-3)14-12-10-8-7-9-11-13/h4-12H2,1-3H3. The van der Waals surface area contributed by atoms with Gasteiger partial charge in [0.15, 0.2) is 8.32 Å². The van der Waals surface area contributed by atoms with Crippen LogP contribution in [-0.4, -0.2) is 20.3 Å². The van der Waals surface area contributed by atoms with Gasteiger partial charge in [-0.1, -0.05) is 49.5 Å². The molecule has 0 N–H and O–H groups in total. The Morgan fingerprint density at radius 1 is 0.867 bits per heavy atom. The van der Waals surface area contributed by atoms with Crippen LogP contribution < -0.4 is 0 Å². The van der Waals surface area contributed by atoms with E-state index in [0.29, 0.717) is 0 Å². The molecule has 0 unspecified atom stereocenters. The van der Waals surface area contributed by atoms with Gasteiger partial charge in [0, 0.05) is 11.9 Å². The van der Waals surface area contributed by atoms with Crippen LogP contribution in [0.1, 0.15) is 46.5 Å². The fraction of sp³-hybridized carbons (Fsp3) is 1.00. The number of rotatable bonds is 10. The molecule has 3 heteroatoms. The molecule has 0 rings (SSSR count). The highest BCUT2D eigenvalue weighted by Gasteiger charge is 2.27. The summed E-state index contributed by atoms with van der Waals surface area (Å²) in [6, 6.07) is 3.84. The molecule has 15 heavy (non-hydrogen) atoms. The van der Waals surface area contributed by atoms with Crippen LogP contribution in [0.5, 0.6) is 0 Å². The molecule has 0 amide bonds. The monoisotopic (exact) mass is 294 g/mol. The third kappa shape index (κ3) is 6.75. The first-order valence-electron chi connectivity index (χ1n) is 6.44. The van der Waals surface area contributed by atoms with E-state index >= 15 is 0 Å². The Balaban J connectivity index is 3.54. The quantitative estimate of drug-likeness (QED) is 0.314. The summed E-state index contributed by atoms with van der Waals surface area (Å²) in [5.74, 6) is 0. The van der Waals surface area contributed by atoms with Gasteiger partial charge >= 0.3 is 0 Å². The summed E-state index contributed by atoms with van der Waals surface area (Å²) in [5, 5.41) is 1.14. The minimum atomic E-state index is -1.30. The number of halogens is 1. The van der Waals surface area contributed by atoms with Crippen LogP contribution in [0.25, 0.3) is 0 Å². The Kier molecular flexibility index (Phi) is 10.3. The predicted molar refractivity (Wildman–Crippen MR) is 75.4 cm³/mol. The van der Waals surface area contributed by atoms with E-state index in [4.69, 9.17) is 4.43 Å². The summed E-state index contributed by atoms with van der Waals surface area (Å²) in [6.07, 6.45) is 5.22. The number of hydrogen-bond acceptors (Lipinski definition) is 1. The predicted octanol–water partition coefficient (Wildman–Crippen LogP) is 4.96. The van der Waals surface area contributed by atoms with Crippen molar-refractivity contribution in [1.29, 1.82) is 0 Å². The van der Waals surface area contributed by atoms with Crippen molar-refractivity contribution in [3.8, 4) is 0 Å². The van der Waals surface area contributed by atoms with E-state index in [1.54, 1.807) is 0 Å². The third-order valence-electron chi connectivity index (χ3n) is 3.37. The maximum Gasteiger partial charge on any atom is 0.191 e. The minimum absolute atomic E-state index is 1.00. The lowest BCUT2D eigenvalue weighted by Crippen LogP contribution is -2.36. The average Bonchev–Trinajstić information content (AvgIpc) is 2.29. The van der Waals surface area contributed by atoms with E-state index in [1.807, 2.05) is 0 Å². The lowest BCUT2D eigenvalue weighted by Gasteiger charge is -2.27. The van der Waals surface area contributed by atoms with Gasteiger partial charge in [-0.25, -0.2) is 0 Å². The lowest BCUT2D eigenvalue weighted by atomic mass is 10.2. The SMILES string of the molecule is CC[Si](CC)(CC)OCCCCCCBr. The third-order valence-corrected chi connectivity index (χ3v) is 8.61. The van der Waals surface area contributed by atoms with Crippen LogP contribution in [0.2, 0.25) is 18.1 Å². The fourth-order valence-corrected chi connectivity index (χ4v) is 4.98. The first-order valence-corrected chi connectivity index (χ1v) is 10.1. The molecule has 0 saturated carbocycles. The molecule has 0 fully saturated rings. The molecule has 0 saturated heterocycles. The first kappa shape index (κ1) is 15.7. The van der Waals surface area contributed by atoms with Gasteiger partial charge in [0.25, 0.3) is 0 Å². The second-order valence-corrected chi connectivity index (χ2v) is 9.76. The van der Waals surface area contributed by atoms with Crippen LogP contribution in [-0.2, 0) is 4.43 Å². The molecule has 92 valence electrons. The molecule has 1 nitrogen and oxygen atoms in total. The van der Waals surface area contributed by atoms with Gasteiger partial charge in [-0.2, -0.15) is 0 Å². The highest BCUT2D eigenvalue weighted by molar-refractivity contribution is 9.09. The maximum atomic E-state index is 6.18. The second kappa shape index (κ2) is 9.85. The molecular formula is C12H27BrOSi. The first-order chi connectivity index (χ1) is 7.24. The van der Waals surface area contributed by atoms with Crippen molar-refractivity contribution in [1.82, 2.24) is 0 Å². The maximum absolute atomic E-state index is 6.18. The van der Waals surface area contributed by atoms with Crippen LogP contribution >= 0.6 is 15.9 Å². The van der Waals surface area contributed by atoms with Gasteiger partial charge < -0.3 is 4.43 Å². The molecule has 0 aliphatic carbocycles. The Morgan fingerprint density at radius 3 is 1.87 bits per heavy atom. The highest BCUT2D eigenvalue weighted by atomic mass is 79.9. The zero-order valence-corrected chi connectivity index (χ0v) is 13.2. The summed E-state index contributed by atoms with van der Waals surface area (Å²) >= 11 is 3.46. The van der Waals surface area contributed by atoms with Crippen molar-refractivity contribution in [2.75, 3.05) is 11.9 Å². The summed E-state index contributed by atoms with van der Waals surface area (Å²) in [7, 11) is -1.30. The molecule has 0 aliphatic heterocycles. The Morgan fingerprint density at radius 2 is 1.40 bits per heavy atom. The fourth-order valence-electron chi connectivity index (χ4n) is 1.89.